The number of rotatable bonds is 7. The second kappa shape index (κ2) is 11.2. The van der Waals surface area contributed by atoms with Gasteiger partial charge in [0.2, 0.25) is 0 Å². The molecule has 0 unspecified atom stereocenters. The van der Waals surface area contributed by atoms with Crippen molar-refractivity contribution >= 4 is 5.71 Å². The number of likely N-dealkylation sites (N-methyl/N-ethyl adjacent to an activating group) is 1. The van der Waals surface area contributed by atoms with Crippen LogP contribution in [-0.2, 0) is 0 Å². The lowest BCUT2D eigenvalue weighted by atomic mass is 9.89. The molecule has 0 atom stereocenters. The molecule has 4 N–H and O–H groups in total. The van der Waals surface area contributed by atoms with Crippen LogP contribution in [0, 0.1) is 16.7 Å². The average molecular weight is 459 g/mol. The largest absolute Gasteiger partial charge is 0.457 e. The van der Waals surface area contributed by atoms with Gasteiger partial charge in [-0.15, -0.1) is 0 Å². The molecule has 1 saturated heterocycles. The lowest BCUT2D eigenvalue weighted by Gasteiger charge is -2.41. The Morgan fingerprint density at radius 1 is 0.971 bits per heavy atom. The van der Waals surface area contributed by atoms with Gasteiger partial charge in [0.05, 0.1) is 5.71 Å². The van der Waals surface area contributed by atoms with E-state index in [0.29, 0.717) is 23.2 Å². The summed E-state index contributed by atoms with van der Waals surface area (Å²) >= 11 is 0. The molecular weight excluding hydrogens is 424 g/mol. The van der Waals surface area contributed by atoms with E-state index < -0.39 is 0 Å². The van der Waals surface area contributed by atoms with Gasteiger partial charge < -0.3 is 20.7 Å². The highest BCUT2D eigenvalue weighted by atomic mass is 16.5. The van der Waals surface area contributed by atoms with Crippen molar-refractivity contribution in [2.45, 2.75) is 37.8 Å². The first kappa shape index (κ1) is 23.8. The highest BCUT2D eigenvalue weighted by Gasteiger charge is 2.28. The second-order valence-electron chi connectivity index (χ2n) is 9.20. The second-order valence-corrected chi connectivity index (χ2v) is 9.20. The van der Waals surface area contributed by atoms with Crippen LogP contribution in [-0.4, -0.2) is 60.8 Å². The third-order valence-corrected chi connectivity index (χ3v) is 6.86. The molecule has 7 heteroatoms. The maximum absolute atomic E-state index is 9.74. The maximum Gasteiger partial charge on any atom is 0.127 e. The fourth-order valence-electron chi connectivity index (χ4n) is 4.77. The fourth-order valence-corrected chi connectivity index (χ4v) is 4.77. The zero-order valence-electron chi connectivity index (χ0n) is 19.8. The van der Waals surface area contributed by atoms with Gasteiger partial charge in [0.1, 0.15) is 29.0 Å². The minimum absolute atomic E-state index is 0.116. The molecule has 0 bridgehead atoms. The SMILES string of the molecule is CN1CCN([C@H]2CC[C@H](N/C(N)=C(/C#N)C(=N)c3ccc(Oc4ccccc4)cc3)CC2)CC1. The Bertz CT molecular complexity index is 1030. The summed E-state index contributed by atoms with van der Waals surface area (Å²) in [5.74, 6) is 1.72. The summed E-state index contributed by atoms with van der Waals surface area (Å²) in [6, 6.07) is 19.7. The minimum atomic E-state index is 0.116. The Morgan fingerprint density at radius 3 is 2.21 bits per heavy atom. The molecule has 1 aliphatic heterocycles. The standard InChI is InChI=1S/C27H34N6O/c1-32-15-17-33(18-16-32)22-11-9-21(10-12-22)31-27(30)25(19-28)26(29)20-7-13-24(14-8-20)34-23-5-3-2-4-6-23/h2-8,13-14,21-22,29,31H,9-12,15-18,30H2,1H3/b27-25-,29-26?/t21-,22-. The first-order chi connectivity index (χ1) is 16.5. The molecule has 1 aliphatic carbocycles. The summed E-state index contributed by atoms with van der Waals surface area (Å²) in [7, 11) is 2.19. The topological polar surface area (TPSA) is 101 Å². The van der Waals surface area contributed by atoms with Gasteiger partial charge in [-0.05, 0) is 69.1 Å². The summed E-state index contributed by atoms with van der Waals surface area (Å²) in [5.41, 5.74) is 7.21. The summed E-state index contributed by atoms with van der Waals surface area (Å²) in [5, 5.41) is 21.6. The van der Waals surface area contributed by atoms with Crippen molar-refractivity contribution in [3.63, 3.8) is 0 Å². The van der Waals surface area contributed by atoms with Crippen molar-refractivity contribution in [3.8, 4) is 17.6 Å². The molecule has 2 aromatic rings. The van der Waals surface area contributed by atoms with Crippen LogP contribution in [0.15, 0.2) is 66.0 Å². The van der Waals surface area contributed by atoms with Gasteiger partial charge in [-0.25, -0.2) is 0 Å². The third-order valence-electron chi connectivity index (χ3n) is 6.86. The van der Waals surface area contributed by atoms with Crippen molar-refractivity contribution in [3.05, 3.63) is 71.6 Å². The predicted octanol–water partition coefficient (Wildman–Crippen LogP) is 3.69. The number of benzene rings is 2. The van der Waals surface area contributed by atoms with E-state index in [0.717, 1.165) is 57.6 Å². The van der Waals surface area contributed by atoms with Crippen LogP contribution >= 0.6 is 0 Å². The molecule has 178 valence electrons. The van der Waals surface area contributed by atoms with Crippen molar-refractivity contribution in [1.29, 1.82) is 10.7 Å². The van der Waals surface area contributed by atoms with Gasteiger partial charge in [0.25, 0.3) is 0 Å². The number of nitrogens with two attached hydrogens (primary N) is 1. The van der Waals surface area contributed by atoms with Crippen LogP contribution < -0.4 is 15.8 Å². The summed E-state index contributed by atoms with van der Waals surface area (Å²) in [6.07, 6.45) is 4.32. The molecule has 0 spiro atoms. The summed E-state index contributed by atoms with van der Waals surface area (Å²) < 4.78 is 5.82. The molecule has 0 radical (unpaired) electrons. The van der Waals surface area contributed by atoms with E-state index in [-0.39, 0.29) is 17.3 Å². The molecule has 0 amide bonds. The fraction of sp³-hybridized carbons (Fsp3) is 0.407. The Kier molecular flexibility index (Phi) is 7.84. The van der Waals surface area contributed by atoms with E-state index in [4.69, 9.17) is 15.9 Å². The van der Waals surface area contributed by atoms with Crippen molar-refractivity contribution in [1.82, 2.24) is 15.1 Å². The van der Waals surface area contributed by atoms with Gasteiger partial charge >= 0.3 is 0 Å². The average Bonchev–Trinajstić information content (AvgIpc) is 2.86. The van der Waals surface area contributed by atoms with Crippen molar-refractivity contribution in [2.75, 3.05) is 33.2 Å². The molecule has 2 fully saturated rings. The highest BCUT2D eigenvalue weighted by molar-refractivity contribution is 6.13. The third kappa shape index (κ3) is 5.96. The first-order valence-electron chi connectivity index (χ1n) is 12.0. The van der Waals surface area contributed by atoms with Crippen LogP contribution in [0.3, 0.4) is 0 Å². The van der Waals surface area contributed by atoms with E-state index in [1.807, 2.05) is 30.3 Å². The van der Waals surface area contributed by atoms with Crippen LogP contribution in [0.4, 0.5) is 0 Å². The Labute approximate surface area is 202 Å². The van der Waals surface area contributed by atoms with Crippen LogP contribution in [0.2, 0.25) is 0 Å². The molecule has 7 nitrogen and oxygen atoms in total. The molecule has 0 aromatic heterocycles. The van der Waals surface area contributed by atoms with Gasteiger partial charge in [-0.1, -0.05) is 18.2 Å². The zero-order chi connectivity index (χ0) is 23.9. The van der Waals surface area contributed by atoms with E-state index in [9.17, 15) is 5.26 Å². The van der Waals surface area contributed by atoms with E-state index in [1.165, 1.54) is 0 Å². The smallest absolute Gasteiger partial charge is 0.127 e. The number of nitriles is 1. The highest BCUT2D eigenvalue weighted by Crippen LogP contribution is 2.25. The molecule has 34 heavy (non-hydrogen) atoms. The van der Waals surface area contributed by atoms with E-state index in [1.54, 1.807) is 24.3 Å². The molecular formula is C27H34N6O. The Morgan fingerprint density at radius 2 is 1.59 bits per heavy atom. The molecule has 2 aliphatic rings. The number of hydrogen-bond acceptors (Lipinski definition) is 7. The van der Waals surface area contributed by atoms with E-state index >= 15 is 0 Å². The van der Waals surface area contributed by atoms with Crippen molar-refractivity contribution in [2.24, 2.45) is 5.73 Å². The van der Waals surface area contributed by atoms with Gasteiger partial charge in [-0.3, -0.25) is 10.3 Å². The lowest BCUT2D eigenvalue weighted by molar-refractivity contribution is 0.0861. The Hall–Kier alpha value is -3.34. The van der Waals surface area contributed by atoms with Gasteiger partial charge in [0.15, 0.2) is 0 Å². The molecule has 1 heterocycles. The Balaban J connectivity index is 1.33. The zero-order valence-corrected chi connectivity index (χ0v) is 19.8. The molecule has 1 saturated carbocycles. The normalized spacial score (nSPS) is 22.4. The maximum atomic E-state index is 9.74. The van der Waals surface area contributed by atoms with Crippen LogP contribution in [0.5, 0.6) is 11.5 Å². The lowest BCUT2D eigenvalue weighted by Crippen LogP contribution is -2.51. The first-order valence-corrected chi connectivity index (χ1v) is 12.0. The summed E-state index contributed by atoms with van der Waals surface area (Å²) in [6.45, 7) is 4.57. The van der Waals surface area contributed by atoms with Gasteiger partial charge in [0, 0.05) is 43.8 Å². The predicted molar refractivity (Wildman–Crippen MR) is 135 cm³/mol. The number of hydrogen-bond donors (Lipinski definition) is 3. The minimum Gasteiger partial charge on any atom is -0.457 e. The van der Waals surface area contributed by atoms with Crippen molar-refractivity contribution < 1.29 is 4.74 Å². The van der Waals surface area contributed by atoms with Crippen LogP contribution in [0.25, 0.3) is 0 Å². The summed E-state index contributed by atoms with van der Waals surface area (Å²) in [4.78, 5) is 5.01. The van der Waals surface area contributed by atoms with Gasteiger partial charge in [-0.2, -0.15) is 5.26 Å². The molecule has 4 rings (SSSR count). The number of ether oxygens (including phenoxy) is 1. The van der Waals surface area contributed by atoms with E-state index in [2.05, 4.69) is 28.2 Å². The molecule has 2 aromatic carbocycles. The number of piperazine rings is 1. The monoisotopic (exact) mass is 458 g/mol. The number of para-hydroxylation sites is 1. The number of nitrogens with zero attached hydrogens (tertiary/aromatic N) is 3. The van der Waals surface area contributed by atoms with Crippen LogP contribution in [0.1, 0.15) is 31.2 Å². The quantitative estimate of drug-likeness (QED) is 0.432. The number of nitrogens with one attached hydrogen (secondary N) is 2. The number of allylic oxidation sites excluding steroid dienone is 1.